The van der Waals surface area contributed by atoms with Crippen LogP contribution in [0.15, 0.2) is 48.5 Å². The number of unbranched alkanes of at least 4 members (excludes halogenated alkanes) is 3. The van der Waals surface area contributed by atoms with Gasteiger partial charge in [-0.05, 0) is 49.5 Å². The minimum atomic E-state index is -0.879. The second kappa shape index (κ2) is 12.5. The molecule has 174 valence electrons. The van der Waals surface area contributed by atoms with Crippen molar-refractivity contribution in [3.8, 4) is 5.75 Å². The largest absolute Gasteiger partial charge is 0.508 e. The number of nitrogens with zero attached hydrogens (tertiary/aromatic N) is 2. The summed E-state index contributed by atoms with van der Waals surface area (Å²) in [6.07, 6.45) is 5.40. The molecule has 0 aliphatic heterocycles. The summed E-state index contributed by atoms with van der Waals surface area (Å²) >= 11 is 0. The highest BCUT2D eigenvalue weighted by molar-refractivity contribution is 5.91. The third-order valence-corrected chi connectivity index (χ3v) is 4.38. The summed E-state index contributed by atoms with van der Waals surface area (Å²) in [6.45, 7) is 0.278. The van der Waals surface area contributed by atoms with Crippen molar-refractivity contribution in [1.82, 2.24) is 0 Å². The van der Waals surface area contributed by atoms with Crippen molar-refractivity contribution in [2.45, 2.75) is 25.7 Å². The third kappa shape index (κ3) is 8.77. The summed E-state index contributed by atoms with van der Waals surface area (Å²) in [7, 11) is 0. The highest BCUT2D eigenvalue weighted by Crippen LogP contribution is 2.23. The summed E-state index contributed by atoms with van der Waals surface area (Å²) in [6, 6.07) is 8.97. The lowest BCUT2D eigenvalue weighted by Gasteiger charge is -2.05. The Morgan fingerprint density at radius 2 is 1.39 bits per heavy atom. The van der Waals surface area contributed by atoms with Gasteiger partial charge in [-0.3, -0.25) is 20.2 Å². The van der Waals surface area contributed by atoms with Gasteiger partial charge in [0.15, 0.2) is 0 Å². The smallest absolute Gasteiger partial charge is 0.338 e. The molecular formula is C22H22N2O9. The lowest BCUT2D eigenvalue weighted by Crippen LogP contribution is -2.08. The SMILES string of the molecule is O=C(C=Cc1ccc(O)cc1)OCCCCCCOC(=O)c1cc([N+](=O)[O-])cc([N+](=O)[O-])c1. The number of rotatable bonds is 12. The Morgan fingerprint density at radius 3 is 1.94 bits per heavy atom. The molecule has 0 radical (unpaired) electrons. The van der Waals surface area contributed by atoms with Crippen LogP contribution in [0.5, 0.6) is 5.75 Å². The number of carbonyl (C=O) groups excluding carboxylic acids is 2. The van der Waals surface area contributed by atoms with E-state index in [1.54, 1.807) is 18.2 Å². The molecule has 0 amide bonds. The van der Waals surface area contributed by atoms with Gasteiger partial charge in [-0.25, -0.2) is 9.59 Å². The number of non-ortho nitro benzene ring substituents is 2. The molecule has 0 aromatic heterocycles. The Bertz CT molecular complexity index is 1000. The predicted octanol–water partition coefficient (Wildman–Crippen LogP) is 4.18. The molecule has 0 heterocycles. The monoisotopic (exact) mass is 458 g/mol. The lowest BCUT2D eigenvalue weighted by atomic mass is 10.1. The summed E-state index contributed by atoms with van der Waals surface area (Å²) in [5.41, 5.74) is -0.644. The van der Waals surface area contributed by atoms with E-state index in [1.807, 2.05) is 0 Å². The molecule has 0 fully saturated rings. The molecule has 0 saturated heterocycles. The topological polar surface area (TPSA) is 159 Å². The van der Waals surface area contributed by atoms with Crippen molar-refractivity contribution in [2.24, 2.45) is 0 Å². The van der Waals surface area contributed by atoms with E-state index >= 15 is 0 Å². The van der Waals surface area contributed by atoms with Crippen LogP contribution in [0.1, 0.15) is 41.6 Å². The summed E-state index contributed by atoms with van der Waals surface area (Å²) in [5, 5.41) is 31.0. The number of hydrogen-bond donors (Lipinski definition) is 1. The molecule has 0 atom stereocenters. The number of nitro benzene ring substituents is 2. The number of aromatic hydroxyl groups is 1. The number of hydrogen-bond acceptors (Lipinski definition) is 9. The van der Waals surface area contributed by atoms with Crippen LogP contribution in [0.3, 0.4) is 0 Å². The Kier molecular flexibility index (Phi) is 9.50. The van der Waals surface area contributed by atoms with E-state index in [4.69, 9.17) is 9.47 Å². The average molecular weight is 458 g/mol. The van der Waals surface area contributed by atoms with Gasteiger partial charge >= 0.3 is 11.9 Å². The molecule has 0 unspecified atom stereocenters. The summed E-state index contributed by atoms with van der Waals surface area (Å²) in [5.74, 6) is -1.23. The maximum absolute atomic E-state index is 12.0. The predicted molar refractivity (Wildman–Crippen MR) is 117 cm³/mol. The molecule has 2 rings (SSSR count). The minimum absolute atomic E-state index is 0.0461. The van der Waals surface area contributed by atoms with Crippen molar-refractivity contribution in [3.05, 3.63) is 79.9 Å². The fourth-order valence-electron chi connectivity index (χ4n) is 2.70. The highest BCUT2D eigenvalue weighted by Gasteiger charge is 2.20. The lowest BCUT2D eigenvalue weighted by molar-refractivity contribution is -0.394. The number of phenolic OH excluding ortho intramolecular Hbond substituents is 1. The Hall–Kier alpha value is -4.28. The van der Waals surface area contributed by atoms with Crippen molar-refractivity contribution >= 4 is 29.4 Å². The molecule has 11 heteroatoms. The van der Waals surface area contributed by atoms with E-state index in [0.717, 1.165) is 30.2 Å². The molecule has 0 bridgehead atoms. The van der Waals surface area contributed by atoms with Gasteiger partial charge in [0.1, 0.15) is 5.75 Å². The van der Waals surface area contributed by atoms with Crippen LogP contribution in [-0.2, 0) is 14.3 Å². The second-order valence-electron chi connectivity index (χ2n) is 6.89. The molecule has 0 aliphatic rings. The third-order valence-electron chi connectivity index (χ3n) is 4.38. The number of esters is 2. The zero-order valence-corrected chi connectivity index (χ0v) is 17.5. The van der Waals surface area contributed by atoms with Crippen LogP contribution in [0, 0.1) is 20.2 Å². The van der Waals surface area contributed by atoms with E-state index in [1.165, 1.54) is 18.2 Å². The summed E-state index contributed by atoms with van der Waals surface area (Å²) < 4.78 is 10.1. The highest BCUT2D eigenvalue weighted by atomic mass is 16.6. The Morgan fingerprint density at radius 1 is 0.848 bits per heavy atom. The quantitative estimate of drug-likeness (QED) is 0.162. The van der Waals surface area contributed by atoms with Crippen LogP contribution in [0.2, 0.25) is 0 Å². The van der Waals surface area contributed by atoms with E-state index in [-0.39, 0.29) is 24.5 Å². The van der Waals surface area contributed by atoms with Crippen LogP contribution in [0.25, 0.3) is 6.08 Å². The molecule has 2 aromatic rings. The molecular weight excluding hydrogens is 436 g/mol. The number of carbonyl (C=O) groups is 2. The maximum Gasteiger partial charge on any atom is 0.338 e. The molecule has 11 nitrogen and oxygen atoms in total. The molecule has 0 saturated carbocycles. The van der Waals surface area contributed by atoms with Gasteiger partial charge in [0.2, 0.25) is 0 Å². The molecule has 0 aliphatic carbocycles. The number of phenols is 1. The number of benzene rings is 2. The Balaban J connectivity index is 1.63. The fourth-order valence-corrected chi connectivity index (χ4v) is 2.70. The average Bonchev–Trinajstić information content (AvgIpc) is 2.79. The van der Waals surface area contributed by atoms with Crippen LogP contribution in [0.4, 0.5) is 11.4 Å². The van der Waals surface area contributed by atoms with E-state index in [2.05, 4.69) is 0 Å². The zero-order chi connectivity index (χ0) is 24.2. The van der Waals surface area contributed by atoms with Crippen LogP contribution in [-0.4, -0.2) is 40.1 Å². The first-order chi connectivity index (χ1) is 15.8. The number of ether oxygens (including phenoxy) is 2. The van der Waals surface area contributed by atoms with Crippen LogP contribution < -0.4 is 0 Å². The van der Waals surface area contributed by atoms with Crippen LogP contribution >= 0.6 is 0 Å². The Labute approximate surface area is 188 Å². The molecule has 0 spiro atoms. The first-order valence-electron chi connectivity index (χ1n) is 10.0. The maximum atomic E-state index is 12.0. The van der Waals surface area contributed by atoms with Gasteiger partial charge in [0.05, 0.1) is 34.7 Å². The van der Waals surface area contributed by atoms with Crippen molar-refractivity contribution < 1.29 is 34.0 Å². The zero-order valence-electron chi connectivity index (χ0n) is 17.5. The van der Waals surface area contributed by atoms with Crippen molar-refractivity contribution in [3.63, 3.8) is 0 Å². The van der Waals surface area contributed by atoms with Crippen molar-refractivity contribution in [1.29, 1.82) is 0 Å². The summed E-state index contributed by atoms with van der Waals surface area (Å²) in [4.78, 5) is 43.8. The van der Waals surface area contributed by atoms with Crippen molar-refractivity contribution in [2.75, 3.05) is 13.2 Å². The molecule has 2 aromatic carbocycles. The standard InChI is InChI=1S/C22H22N2O9/c25-20-8-5-16(6-9-20)7-10-21(26)32-11-3-1-2-4-12-33-22(27)17-13-18(23(28)29)15-19(14-17)24(30)31/h5-10,13-15,25H,1-4,11-12H2. The van der Waals surface area contributed by atoms with Gasteiger partial charge in [-0.15, -0.1) is 0 Å². The van der Waals surface area contributed by atoms with E-state index < -0.39 is 33.2 Å². The second-order valence-corrected chi connectivity index (χ2v) is 6.89. The van der Waals surface area contributed by atoms with Gasteiger partial charge in [-0.2, -0.15) is 0 Å². The number of nitro groups is 2. The molecule has 1 N–H and O–H groups in total. The molecule has 33 heavy (non-hydrogen) atoms. The van der Waals surface area contributed by atoms with Gasteiger partial charge in [-0.1, -0.05) is 12.1 Å². The van der Waals surface area contributed by atoms with E-state index in [9.17, 15) is 34.9 Å². The normalized spacial score (nSPS) is 10.7. The van der Waals surface area contributed by atoms with Gasteiger partial charge < -0.3 is 14.6 Å². The minimum Gasteiger partial charge on any atom is -0.508 e. The van der Waals surface area contributed by atoms with Gasteiger partial charge in [0, 0.05) is 18.2 Å². The van der Waals surface area contributed by atoms with Gasteiger partial charge in [0.25, 0.3) is 11.4 Å². The first-order valence-corrected chi connectivity index (χ1v) is 10.0. The van der Waals surface area contributed by atoms with E-state index in [0.29, 0.717) is 19.3 Å². The first kappa shape index (κ1) is 25.0. The fraction of sp³-hybridized carbons (Fsp3) is 0.273.